The van der Waals surface area contributed by atoms with Gasteiger partial charge in [0.2, 0.25) is 0 Å². The SMILES string of the molecule is CC(C)CN(C(=O)c1cnc(C(C)(C)C)nc1NCc1ccco1)[C@@H]1C[C@H](C(C)(C)O)CN(C(=O)OC(C)(C)C)C1. The molecule has 0 radical (unpaired) electrons. The van der Waals surface area contributed by atoms with Crippen molar-refractivity contribution in [2.24, 2.45) is 11.8 Å². The van der Waals surface area contributed by atoms with Crippen LogP contribution in [0.25, 0.3) is 0 Å². The highest BCUT2D eigenvalue weighted by atomic mass is 16.6. The molecule has 10 nitrogen and oxygen atoms in total. The van der Waals surface area contributed by atoms with E-state index in [0.29, 0.717) is 55.6 Å². The number of carbonyl (C=O) groups is 2. The van der Waals surface area contributed by atoms with Gasteiger partial charge < -0.3 is 29.4 Å². The minimum absolute atomic E-state index is 0.158. The summed E-state index contributed by atoms with van der Waals surface area (Å²) in [4.78, 5) is 40.3. The standard InChI is InChI=1S/C31H49N5O5/c1-20(2)17-36(22-14-21(31(9,10)39)18-35(19-22)28(38)41-30(6,7)8)26(37)24-16-33-27(29(3,4)5)34-25(24)32-15-23-12-11-13-40-23/h11-13,16,20-22,39H,14-15,17-19H2,1-10H3,(H,32,33,34)/t21-,22+/m0/s1. The van der Waals surface area contributed by atoms with Crippen molar-refractivity contribution in [1.29, 1.82) is 0 Å². The minimum Gasteiger partial charge on any atom is -0.467 e. The van der Waals surface area contributed by atoms with Crippen molar-refractivity contribution >= 4 is 17.8 Å². The van der Waals surface area contributed by atoms with Gasteiger partial charge in [-0.1, -0.05) is 34.6 Å². The highest BCUT2D eigenvalue weighted by Crippen LogP contribution is 2.32. The maximum absolute atomic E-state index is 14.4. The smallest absolute Gasteiger partial charge is 0.410 e. The van der Waals surface area contributed by atoms with E-state index < -0.39 is 17.3 Å². The van der Waals surface area contributed by atoms with E-state index in [-0.39, 0.29) is 29.2 Å². The van der Waals surface area contributed by atoms with E-state index in [1.165, 1.54) is 0 Å². The first-order valence-corrected chi connectivity index (χ1v) is 14.5. The zero-order valence-electron chi connectivity index (χ0n) is 26.4. The highest BCUT2D eigenvalue weighted by molar-refractivity contribution is 5.98. The highest BCUT2D eigenvalue weighted by Gasteiger charge is 2.42. The Balaban J connectivity index is 2.01. The number of likely N-dealkylation sites (tertiary alicyclic amines) is 1. The first-order valence-electron chi connectivity index (χ1n) is 14.5. The number of nitrogens with zero attached hydrogens (tertiary/aromatic N) is 4. The number of piperidine rings is 1. The number of amides is 2. The van der Waals surface area contributed by atoms with Crippen molar-refractivity contribution in [2.75, 3.05) is 25.0 Å². The third-order valence-corrected chi connectivity index (χ3v) is 7.04. The zero-order chi connectivity index (χ0) is 30.8. The summed E-state index contributed by atoms with van der Waals surface area (Å²) in [7, 11) is 0. The molecule has 41 heavy (non-hydrogen) atoms. The number of carbonyl (C=O) groups excluding carboxylic acids is 2. The Morgan fingerprint density at radius 1 is 1.17 bits per heavy atom. The first-order chi connectivity index (χ1) is 18.8. The molecular weight excluding hydrogens is 522 g/mol. The lowest BCUT2D eigenvalue weighted by atomic mass is 9.81. The molecule has 2 aromatic rings. The second-order valence-corrected chi connectivity index (χ2v) is 14.1. The van der Waals surface area contributed by atoms with Gasteiger partial charge in [0.25, 0.3) is 5.91 Å². The molecule has 0 aromatic carbocycles. The summed E-state index contributed by atoms with van der Waals surface area (Å²) >= 11 is 0. The maximum Gasteiger partial charge on any atom is 0.410 e. The lowest BCUT2D eigenvalue weighted by molar-refractivity contribution is -0.0479. The van der Waals surface area contributed by atoms with E-state index in [1.54, 1.807) is 31.2 Å². The summed E-state index contributed by atoms with van der Waals surface area (Å²) in [5.41, 5.74) is -1.70. The van der Waals surface area contributed by atoms with Crippen molar-refractivity contribution in [1.82, 2.24) is 19.8 Å². The lowest BCUT2D eigenvalue weighted by Gasteiger charge is -2.46. The summed E-state index contributed by atoms with van der Waals surface area (Å²) < 4.78 is 11.2. The summed E-state index contributed by atoms with van der Waals surface area (Å²) in [5, 5.41) is 14.3. The van der Waals surface area contributed by atoms with Gasteiger partial charge in [-0.15, -0.1) is 0 Å². The van der Waals surface area contributed by atoms with Crippen molar-refractivity contribution in [3.05, 3.63) is 41.7 Å². The lowest BCUT2D eigenvalue weighted by Crippen LogP contribution is -2.58. The molecule has 0 spiro atoms. The fourth-order valence-corrected chi connectivity index (χ4v) is 4.85. The van der Waals surface area contributed by atoms with Crippen molar-refractivity contribution in [3.63, 3.8) is 0 Å². The van der Waals surface area contributed by atoms with Crippen LogP contribution in [0, 0.1) is 11.8 Å². The van der Waals surface area contributed by atoms with E-state index in [1.807, 2.05) is 58.6 Å². The summed E-state index contributed by atoms with van der Waals surface area (Å²) in [6.07, 6.45) is 3.28. The van der Waals surface area contributed by atoms with Crippen LogP contribution in [-0.4, -0.2) is 73.8 Å². The molecule has 3 heterocycles. The number of hydrogen-bond donors (Lipinski definition) is 2. The predicted octanol–water partition coefficient (Wildman–Crippen LogP) is 5.47. The largest absolute Gasteiger partial charge is 0.467 e. The van der Waals surface area contributed by atoms with Gasteiger partial charge in [-0.2, -0.15) is 0 Å². The maximum atomic E-state index is 14.4. The van der Waals surface area contributed by atoms with E-state index in [4.69, 9.17) is 14.1 Å². The second kappa shape index (κ2) is 12.4. The van der Waals surface area contributed by atoms with E-state index in [2.05, 4.69) is 24.1 Å². The van der Waals surface area contributed by atoms with E-state index in [0.717, 1.165) is 0 Å². The molecule has 10 heteroatoms. The monoisotopic (exact) mass is 571 g/mol. The number of hydrogen-bond acceptors (Lipinski definition) is 8. The van der Waals surface area contributed by atoms with Gasteiger partial charge in [0.15, 0.2) is 0 Å². The third-order valence-electron chi connectivity index (χ3n) is 7.04. The first kappa shape index (κ1) is 32.4. The van der Waals surface area contributed by atoms with Gasteiger partial charge in [-0.05, 0) is 59.1 Å². The molecule has 0 saturated carbocycles. The van der Waals surface area contributed by atoms with Crippen molar-refractivity contribution in [3.8, 4) is 0 Å². The van der Waals surface area contributed by atoms with Crippen LogP contribution in [0.2, 0.25) is 0 Å². The average molecular weight is 572 g/mol. The fraction of sp³-hybridized carbons (Fsp3) is 0.677. The van der Waals surface area contributed by atoms with Crippen LogP contribution < -0.4 is 5.32 Å². The second-order valence-electron chi connectivity index (χ2n) is 14.1. The molecular formula is C31H49N5O5. The van der Waals surface area contributed by atoms with Gasteiger partial charge in [0.1, 0.15) is 28.6 Å². The molecule has 3 rings (SSSR count). The van der Waals surface area contributed by atoms with Crippen LogP contribution in [0.4, 0.5) is 10.6 Å². The number of anilines is 1. The Kier molecular flexibility index (Phi) is 9.78. The Hall–Kier alpha value is -3.14. The van der Waals surface area contributed by atoms with Crippen LogP contribution in [0.5, 0.6) is 0 Å². The molecule has 228 valence electrons. The Morgan fingerprint density at radius 2 is 1.85 bits per heavy atom. The van der Waals surface area contributed by atoms with Gasteiger partial charge in [0.05, 0.1) is 24.5 Å². The molecule has 0 aliphatic carbocycles. The summed E-state index contributed by atoms with van der Waals surface area (Å²) in [5.74, 6) is 1.43. The topological polar surface area (TPSA) is 121 Å². The van der Waals surface area contributed by atoms with Crippen molar-refractivity contribution < 1.29 is 23.8 Å². The van der Waals surface area contributed by atoms with Gasteiger partial charge in [0, 0.05) is 37.2 Å². The molecule has 2 atom stereocenters. The Morgan fingerprint density at radius 3 is 2.39 bits per heavy atom. The molecule has 0 unspecified atom stereocenters. The van der Waals surface area contributed by atoms with Crippen molar-refractivity contribution in [2.45, 2.75) is 105 Å². The van der Waals surface area contributed by atoms with Gasteiger partial charge in [-0.25, -0.2) is 14.8 Å². The number of nitrogens with one attached hydrogen (secondary N) is 1. The normalized spacial score (nSPS) is 18.4. The Labute approximate surface area is 244 Å². The molecule has 1 aliphatic heterocycles. The van der Waals surface area contributed by atoms with Crippen LogP contribution in [0.3, 0.4) is 0 Å². The molecule has 1 saturated heterocycles. The third kappa shape index (κ3) is 8.92. The average Bonchev–Trinajstić information content (AvgIpc) is 3.36. The van der Waals surface area contributed by atoms with Crippen LogP contribution in [0.15, 0.2) is 29.0 Å². The molecule has 0 bridgehead atoms. The number of furan rings is 1. The molecule has 2 amide bonds. The minimum atomic E-state index is -1.06. The van der Waals surface area contributed by atoms with E-state index >= 15 is 0 Å². The van der Waals surface area contributed by atoms with Crippen LogP contribution in [0.1, 0.15) is 97.6 Å². The Bertz CT molecular complexity index is 1170. The number of rotatable bonds is 8. The molecule has 2 N–H and O–H groups in total. The summed E-state index contributed by atoms with van der Waals surface area (Å²) in [6, 6.07) is 3.32. The predicted molar refractivity (Wildman–Crippen MR) is 159 cm³/mol. The number of ether oxygens (including phenoxy) is 1. The number of aromatic nitrogens is 2. The van der Waals surface area contributed by atoms with Gasteiger partial charge >= 0.3 is 6.09 Å². The quantitative estimate of drug-likeness (QED) is 0.428. The summed E-state index contributed by atoms with van der Waals surface area (Å²) in [6.45, 7) is 20.6. The van der Waals surface area contributed by atoms with Gasteiger partial charge in [-0.3, -0.25) is 4.79 Å². The fourth-order valence-electron chi connectivity index (χ4n) is 4.85. The van der Waals surface area contributed by atoms with Crippen LogP contribution >= 0.6 is 0 Å². The molecule has 1 aliphatic rings. The number of aliphatic hydroxyl groups is 1. The van der Waals surface area contributed by atoms with Crippen LogP contribution in [-0.2, 0) is 16.7 Å². The molecule has 2 aromatic heterocycles. The van der Waals surface area contributed by atoms with E-state index in [9.17, 15) is 14.7 Å². The zero-order valence-corrected chi connectivity index (χ0v) is 26.4. The molecule has 1 fully saturated rings.